The summed E-state index contributed by atoms with van der Waals surface area (Å²) in [7, 11) is 1.82. The zero-order valence-corrected chi connectivity index (χ0v) is 21.6. The Kier molecular flexibility index (Phi) is 7.40. The van der Waals surface area contributed by atoms with Crippen molar-refractivity contribution >= 4 is 23.0 Å². The third kappa shape index (κ3) is 6.19. The fourth-order valence-corrected chi connectivity index (χ4v) is 4.00. The number of nitrogens with zero attached hydrogens (tertiary/aromatic N) is 1. The van der Waals surface area contributed by atoms with Crippen LogP contribution in [0, 0.1) is 0 Å². The zero-order chi connectivity index (χ0) is 25.1. The van der Waals surface area contributed by atoms with Crippen LogP contribution in [-0.2, 0) is 22.0 Å². The summed E-state index contributed by atoms with van der Waals surface area (Å²) >= 11 is 0. The Labute approximate surface area is 204 Å². The Morgan fingerprint density at radius 3 is 1.82 bits per heavy atom. The van der Waals surface area contributed by atoms with Crippen molar-refractivity contribution in [1.29, 1.82) is 0 Å². The lowest BCUT2D eigenvalue weighted by molar-refractivity contribution is -0.118. The summed E-state index contributed by atoms with van der Waals surface area (Å²) in [5.74, 6) is 0.433. The van der Waals surface area contributed by atoms with Gasteiger partial charge in [0.25, 0.3) is 0 Å². The van der Waals surface area contributed by atoms with Gasteiger partial charge in [0.1, 0.15) is 5.75 Å². The van der Waals surface area contributed by atoms with E-state index in [1.165, 1.54) is 0 Å². The van der Waals surface area contributed by atoms with Crippen molar-refractivity contribution in [2.24, 2.45) is 0 Å². The first-order valence-corrected chi connectivity index (χ1v) is 11.9. The Morgan fingerprint density at radius 2 is 1.32 bits per heavy atom. The van der Waals surface area contributed by atoms with E-state index in [0.29, 0.717) is 18.6 Å². The fraction of sp³-hybridized carbons (Fsp3) is 0.367. The number of benzene rings is 3. The maximum atomic E-state index is 13.0. The SMILES string of the molecule is CN(C(=O)CCc1cc(C(C)(C)C)c(O)c(C(C)(C)C)c1)c1ccc(Nc2ccccc2)cc1. The lowest BCUT2D eigenvalue weighted by atomic mass is 9.78. The average Bonchev–Trinajstić information content (AvgIpc) is 2.77. The number of carbonyl (C=O) groups is 1. The highest BCUT2D eigenvalue weighted by molar-refractivity contribution is 5.93. The molecule has 4 nitrogen and oxygen atoms in total. The normalized spacial score (nSPS) is 11.9. The third-order valence-electron chi connectivity index (χ3n) is 6.10. The molecular formula is C30H38N2O2. The molecule has 4 heteroatoms. The number of anilines is 3. The fourth-order valence-electron chi connectivity index (χ4n) is 4.00. The quantitative estimate of drug-likeness (QED) is 0.407. The molecule has 2 N–H and O–H groups in total. The summed E-state index contributed by atoms with van der Waals surface area (Å²) < 4.78 is 0. The van der Waals surface area contributed by atoms with E-state index in [-0.39, 0.29) is 16.7 Å². The number of nitrogens with one attached hydrogen (secondary N) is 1. The van der Waals surface area contributed by atoms with E-state index in [1.807, 2.05) is 61.6 Å². The Morgan fingerprint density at radius 1 is 0.824 bits per heavy atom. The highest BCUT2D eigenvalue weighted by atomic mass is 16.3. The minimum atomic E-state index is -0.184. The first-order chi connectivity index (χ1) is 15.9. The molecule has 0 aliphatic carbocycles. The molecule has 1 amide bonds. The molecular weight excluding hydrogens is 420 g/mol. The van der Waals surface area contributed by atoms with Crippen molar-refractivity contribution in [3.63, 3.8) is 0 Å². The molecule has 0 fully saturated rings. The smallest absolute Gasteiger partial charge is 0.227 e. The number of carbonyl (C=O) groups excluding carboxylic acids is 1. The van der Waals surface area contributed by atoms with E-state index in [9.17, 15) is 9.90 Å². The number of rotatable bonds is 6. The first-order valence-electron chi connectivity index (χ1n) is 11.9. The van der Waals surface area contributed by atoms with Crippen molar-refractivity contribution in [3.05, 3.63) is 83.4 Å². The Bertz CT molecular complexity index is 1090. The van der Waals surface area contributed by atoms with Crippen LogP contribution in [0.5, 0.6) is 5.75 Å². The second-order valence-corrected chi connectivity index (χ2v) is 11.0. The van der Waals surface area contributed by atoms with Gasteiger partial charge in [-0.1, -0.05) is 71.9 Å². The molecule has 3 rings (SSSR count). The van der Waals surface area contributed by atoms with Crippen LogP contribution in [0.25, 0.3) is 0 Å². The van der Waals surface area contributed by atoms with Gasteiger partial charge in [0.05, 0.1) is 0 Å². The van der Waals surface area contributed by atoms with Crippen LogP contribution >= 0.6 is 0 Å². The molecule has 0 aliphatic heterocycles. The number of hydrogen-bond acceptors (Lipinski definition) is 3. The molecule has 180 valence electrons. The summed E-state index contributed by atoms with van der Waals surface area (Å²) in [4.78, 5) is 14.7. The van der Waals surface area contributed by atoms with Crippen molar-refractivity contribution in [3.8, 4) is 5.75 Å². The van der Waals surface area contributed by atoms with Gasteiger partial charge in [-0.25, -0.2) is 0 Å². The summed E-state index contributed by atoms with van der Waals surface area (Å²) in [6, 6.07) is 22.0. The molecule has 0 unspecified atom stereocenters. The summed E-state index contributed by atoms with van der Waals surface area (Å²) in [5, 5.41) is 14.3. The first kappa shape index (κ1) is 25.4. The van der Waals surface area contributed by atoms with Gasteiger partial charge < -0.3 is 15.3 Å². The maximum Gasteiger partial charge on any atom is 0.227 e. The van der Waals surface area contributed by atoms with Gasteiger partial charge in [-0.05, 0) is 70.3 Å². The monoisotopic (exact) mass is 458 g/mol. The molecule has 0 bridgehead atoms. The molecule has 3 aromatic rings. The minimum Gasteiger partial charge on any atom is -0.507 e. The molecule has 0 saturated carbocycles. The predicted octanol–water partition coefficient (Wildman–Crippen LogP) is 7.33. The molecule has 0 spiro atoms. The highest BCUT2D eigenvalue weighted by Crippen LogP contribution is 2.40. The number of phenols is 1. The van der Waals surface area contributed by atoms with Crippen molar-refractivity contribution < 1.29 is 9.90 Å². The molecule has 0 aliphatic rings. The number of hydrogen-bond donors (Lipinski definition) is 2. The molecule has 34 heavy (non-hydrogen) atoms. The lowest BCUT2D eigenvalue weighted by Crippen LogP contribution is -2.26. The number of phenolic OH excluding ortho intramolecular Hbond substituents is 1. The predicted molar refractivity (Wildman–Crippen MR) is 143 cm³/mol. The van der Waals surface area contributed by atoms with E-state index in [2.05, 4.69) is 59.0 Å². The minimum absolute atomic E-state index is 0.0615. The largest absolute Gasteiger partial charge is 0.507 e. The molecule has 0 aromatic heterocycles. The summed E-state index contributed by atoms with van der Waals surface area (Å²) in [6.45, 7) is 12.6. The van der Waals surface area contributed by atoms with Crippen LogP contribution in [0.1, 0.15) is 64.7 Å². The average molecular weight is 459 g/mol. The van der Waals surface area contributed by atoms with Gasteiger partial charge in [0.2, 0.25) is 5.91 Å². The van der Waals surface area contributed by atoms with Crippen LogP contribution in [-0.4, -0.2) is 18.1 Å². The summed E-state index contributed by atoms with van der Waals surface area (Å²) in [6.07, 6.45) is 1.03. The number of aromatic hydroxyl groups is 1. The summed E-state index contributed by atoms with van der Waals surface area (Å²) in [5.41, 5.74) is 5.43. The molecule has 0 heterocycles. The van der Waals surface area contributed by atoms with E-state index >= 15 is 0 Å². The van der Waals surface area contributed by atoms with Crippen molar-refractivity contribution in [2.75, 3.05) is 17.3 Å². The molecule has 3 aromatic carbocycles. The van der Waals surface area contributed by atoms with Gasteiger partial charge in [-0.15, -0.1) is 0 Å². The van der Waals surface area contributed by atoms with Gasteiger partial charge in [0.15, 0.2) is 0 Å². The topological polar surface area (TPSA) is 52.6 Å². The maximum absolute atomic E-state index is 13.0. The van der Waals surface area contributed by atoms with Crippen LogP contribution in [0.15, 0.2) is 66.7 Å². The van der Waals surface area contributed by atoms with Gasteiger partial charge in [-0.3, -0.25) is 4.79 Å². The van der Waals surface area contributed by atoms with Crippen LogP contribution in [0.3, 0.4) is 0 Å². The second-order valence-electron chi connectivity index (χ2n) is 11.0. The van der Waals surface area contributed by atoms with Crippen molar-refractivity contribution in [2.45, 2.75) is 65.2 Å². The zero-order valence-electron chi connectivity index (χ0n) is 21.6. The number of amides is 1. The highest BCUT2D eigenvalue weighted by Gasteiger charge is 2.26. The molecule has 0 radical (unpaired) electrons. The van der Waals surface area contributed by atoms with E-state index in [0.717, 1.165) is 33.8 Å². The second kappa shape index (κ2) is 9.92. The van der Waals surface area contributed by atoms with E-state index in [4.69, 9.17) is 0 Å². The number of aryl methyl sites for hydroxylation is 1. The standard InChI is InChI=1S/C30H38N2O2/c1-29(2,3)25-19-21(20-26(28(25)34)30(4,5)6)13-18-27(33)32(7)24-16-14-23(15-17-24)31-22-11-9-8-10-12-22/h8-12,14-17,19-20,31,34H,13,18H2,1-7H3. The lowest BCUT2D eigenvalue weighted by Gasteiger charge is -2.28. The van der Waals surface area contributed by atoms with Crippen LogP contribution < -0.4 is 10.2 Å². The Hall–Kier alpha value is -3.27. The van der Waals surface area contributed by atoms with Gasteiger partial charge in [-0.2, -0.15) is 0 Å². The van der Waals surface area contributed by atoms with E-state index in [1.54, 1.807) is 4.90 Å². The van der Waals surface area contributed by atoms with Crippen LogP contribution in [0.2, 0.25) is 0 Å². The number of para-hydroxylation sites is 1. The third-order valence-corrected chi connectivity index (χ3v) is 6.10. The Balaban J connectivity index is 1.71. The van der Waals surface area contributed by atoms with Gasteiger partial charge in [0, 0.05) is 30.5 Å². The molecule has 0 saturated heterocycles. The van der Waals surface area contributed by atoms with Gasteiger partial charge >= 0.3 is 0 Å². The molecule has 0 atom stereocenters. The van der Waals surface area contributed by atoms with E-state index < -0.39 is 0 Å². The van der Waals surface area contributed by atoms with Crippen molar-refractivity contribution in [1.82, 2.24) is 0 Å². The van der Waals surface area contributed by atoms with Crippen LogP contribution in [0.4, 0.5) is 17.1 Å².